The normalized spacial score (nSPS) is 14.4. The lowest BCUT2D eigenvalue weighted by atomic mass is 10.1. The number of nitriles is 2. The van der Waals surface area contributed by atoms with Crippen LogP contribution < -0.4 is 9.80 Å². The minimum Gasteiger partial charge on any atom is -0.369 e. The van der Waals surface area contributed by atoms with Crippen LogP contribution in [-0.2, 0) is 0 Å². The summed E-state index contributed by atoms with van der Waals surface area (Å²) >= 11 is 0. The number of aromatic nitrogens is 1. The van der Waals surface area contributed by atoms with Crippen LogP contribution in [0.15, 0.2) is 54.6 Å². The zero-order chi connectivity index (χ0) is 18.6. The molecule has 0 saturated carbocycles. The van der Waals surface area contributed by atoms with Gasteiger partial charge in [0, 0.05) is 37.3 Å². The molecule has 27 heavy (non-hydrogen) atoms. The number of nitrogens with zero attached hydrogens (tertiary/aromatic N) is 5. The van der Waals surface area contributed by atoms with Gasteiger partial charge in [-0.25, -0.2) is 4.98 Å². The quantitative estimate of drug-likeness (QED) is 0.703. The second-order valence-electron chi connectivity index (χ2n) is 6.61. The summed E-state index contributed by atoms with van der Waals surface area (Å²) < 4.78 is 0. The fourth-order valence-electron chi connectivity index (χ4n) is 3.72. The minimum absolute atomic E-state index is 0.444. The molecular formula is C22H19N5. The number of hydrogen-bond acceptors (Lipinski definition) is 5. The second kappa shape index (κ2) is 7.35. The van der Waals surface area contributed by atoms with Crippen molar-refractivity contribution < 1.29 is 0 Å². The molecule has 1 fully saturated rings. The molecule has 0 bridgehead atoms. The third-order valence-electron chi connectivity index (χ3n) is 5.01. The highest BCUT2D eigenvalue weighted by molar-refractivity contribution is 5.92. The monoisotopic (exact) mass is 353 g/mol. The van der Waals surface area contributed by atoms with Crippen LogP contribution >= 0.6 is 0 Å². The number of para-hydroxylation sites is 2. The summed E-state index contributed by atoms with van der Waals surface area (Å²) in [6.45, 7) is 3.48. The molecule has 3 aromatic rings. The van der Waals surface area contributed by atoms with Gasteiger partial charge < -0.3 is 9.80 Å². The first-order chi connectivity index (χ1) is 13.3. The molecule has 5 heteroatoms. The molecule has 4 rings (SSSR count). The Bertz CT molecular complexity index is 1060. The van der Waals surface area contributed by atoms with E-state index >= 15 is 0 Å². The highest BCUT2D eigenvalue weighted by atomic mass is 15.2. The van der Waals surface area contributed by atoms with Gasteiger partial charge >= 0.3 is 0 Å². The van der Waals surface area contributed by atoms with Crippen LogP contribution in [0, 0.1) is 22.7 Å². The largest absolute Gasteiger partial charge is 0.369 e. The maximum absolute atomic E-state index is 9.40. The predicted octanol–water partition coefficient (Wildman–Crippen LogP) is 3.69. The van der Waals surface area contributed by atoms with E-state index in [2.05, 4.69) is 33.0 Å². The maximum atomic E-state index is 9.40. The molecule has 1 aliphatic heterocycles. The van der Waals surface area contributed by atoms with E-state index in [-0.39, 0.29) is 0 Å². The van der Waals surface area contributed by atoms with Crippen molar-refractivity contribution in [2.75, 3.05) is 36.0 Å². The number of rotatable bonds is 2. The summed E-state index contributed by atoms with van der Waals surface area (Å²) in [6.07, 6.45) is 0.984. The lowest BCUT2D eigenvalue weighted by molar-refractivity contribution is 0.806. The molecule has 0 atom stereocenters. The van der Waals surface area contributed by atoms with Crippen LogP contribution in [-0.4, -0.2) is 31.2 Å². The van der Waals surface area contributed by atoms with Crippen molar-refractivity contribution in [3.05, 3.63) is 65.9 Å². The van der Waals surface area contributed by atoms with Gasteiger partial charge in [0.15, 0.2) is 0 Å². The Balaban J connectivity index is 1.65. The number of pyridine rings is 1. The Morgan fingerprint density at radius 3 is 2.26 bits per heavy atom. The first kappa shape index (κ1) is 16.9. The van der Waals surface area contributed by atoms with Crippen molar-refractivity contribution in [3.8, 4) is 12.1 Å². The topological polar surface area (TPSA) is 67.0 Å². The summed E-state index contributed by atoms with van der Waals surface area (Å²) in [6, 6.07) is 22.1. The molecule has 0 N–H and O–H groups in total. The SMILES string of the molecule is N#Cc1cc(N2CCCN(c3ccccc3C#N)CC2)c2ccccc2n1. The Kier molecular flexibility index (Phi) is 4.60. The summed E-state index contributed by atoms with van der Waals surface area (Å²) in [5.41, 5.74) is 4.07. The lowest BCUT2D eigenvalue weighted by Gasteiger charge is -2.26. The molecular weight excluding hydrogens is 334 g/mol. The lowest BCUT2D eigenvalue weighted by Crippen LogP contribution is -2.31. The van der Waals surface area contributed by atoms with Gasteiger partial charge in [-0.1, -0.05) is 30.3 Å². The van der Waals surface area contributed by atoms with Gasteiger partial charge in [0.25, 0.3) is 0 Å². The summed E-state index contributed by atoms with van der Waals surface area (Å²) in [5, 5.41) is 19.8. The average molecular weight is 353 g/mol. The van der Waals surface area contributed by atoms with Gasteiger partial charge in [-0.3, -0.25) is 0 Å². The molecule has 1 saturated heterocycles. The Hall–Kier alpha value is -3.57. The fraction of sp³-hybridized carbons (Fsp3) is 0.227. The molecule has 1 aromatic heterocycles. The van der Waals surface area contributed by atoms with Crippen LogP contribution in [0.25, 0.3) is 10.9 Å². The third kappa shape index (κ3) is 3.28. The molecule has 132 valence electrons. The molecule has 0 unspecified atom stereocenters. The van der Waals surface area contributed by atoms with Crippen molar-refractivity contribution in [3.63, 3.8) is 0 Å². The van der Waals surface area contributed by atoms with Crippen molar-refractivity contribution >= 4 is 22.3 Å². The van der Waals surface area contributed by atoms with Crippen LogP contribution in [0.1, 0.15) is 17.7 Å². The van der Waals surface area contributed by atoms with E-state index in [0.29, 0.717) is 11.3 Å². The van der Waals surface area contributed by atoms with Crippen LogP contribution in [0.4, 0.5) is 11.4 Å². The Morgan fingerprint density at radius 1 is 0.778 bits per heavy atom. The van der Waals surface area contributed by atoms with Crippen molar-refractivity contribution in [2.24, 2.45) is 0 Å². The second-order valence-corrected chi connectivity index (χ2v) is 6.61. The highest BCUT2D eigenvalue weighted by Gasteiger charge is 2.19. The third-order valence-corrected chi connectivity index (χ3v) is 5.01. The molecule has 0 aliphatic carbocycles. The van der Waals surface area contributed by atoms with Gasteiger partial charge in [-0.2, -0.15) is 10.5 Å². The van der Waals surface area contributed by atoms with Gasteiger partial charge in [0.05, 0.1) is 16.8 Å². The smallest absolute Gasteiger partial charge is 0.143 e. The Labute approximate surface area is 158 Å². The van der Waals surface area contributed by atoms with Gasteiger partial charge in [-0.05, 0) is 30.7 Å². The number of fused-ring (bicyclic) bond motifs is 1. The number of anilines is 2. The number of hydrogen-bond donors (Lipinski definition) is 0. The van der Waals surface area contributed by atoms with Gasteiger partial charge in [0.1, 0.15) is 17.8 Å². The molecule has 5 nitrogen and oxygen atoms in total. The van der Waals surface area contributed by atoms with E-state index in [1.165, 1.54) is 0 Å². The highest BCUT2D eigenvalue weighted by Crippen LogP contribution is 2.29. The van der Waals surface area contributed by atoms with E-state index in [0.717, 1.165) is 54.9 Å². The van der Waals surface area contributed by atoms with Crippen molar-refractivity contribution in [1.82, 2.24) is 4.98 Å². The first-order valence-corrected chi connectivity index (χ1v) is 9.09. The van der Waals surface area contributed by atoms with E-state index in [4.69, 9.17) is 0 Å². The molecule has 1 aliphatic rings. The van der Waals surface area contributed by atoms with Gasteiger partial charge in [-0.15, -0.1) is 0 Å². The van der Waals surface area contributed by atoms with E-state index in [9.17, 15) is 10.5 Å². The standard InChI is InChI=1S/C22H19N5/c23-15-17-6-1-4-9-21(17)26-10-5-11-27(13-12-26)22-14-18(16-24)25-20-8-3-2-7-19(20)22/h1-4,6-9,14H,5,10-13H2. The summed E-state index contributed by atoms with van der Waals surface area (Å²) in [5.74, 6) is 0. The van der Waals surface area contributed by atoms with E-state index in [1.807, 2.05) is 48.5 Å². The summed E-state index contributed by atoms with van der Waals surface area (Å²) in [4.78, 5) is 9.04. The Morgan fingerprint density at radius 2 is 1.48 bits per heavy atom. The number of benzene rings is 2. The van der Waals surface area contributed by atoms with Crippen LogP contribution in [0.5, 0.6) is 0 Å². The average Bonchev–Trinajstić information content (AvgIpc) is 2.99. The zero-order valence-corrected chi connectivity index (χ0v) is 15.0. The zero-order valence-electron chi connectivity index (χ0n) is 15.0. The molecule has 0 radical (unpaired) electrons. The molecule has 2 aromatic carbocycles. The van der Waals surface area contributed by atoms with Gasteiger partial charge in [0.2, 0.25) is 0 Å². The fourth-order valence-corrected chi connectivity index (χ4v) is 3.72. The minimum atomic E-state index is 0.444. The molecule has 0 amide bonds. The maximum Gasteiger partial charge on any atom is 0.143 e. The van der Waals surface area contributed by atoms with E-state index < -0.39 is 0 Å². The van der Waals surface area contributed by atoms with E-state index in [1.54, 1.807) is 0 Å². The van der Waals surface area contributed by atoms with Crippen LogP contribution in [0.2, 0.25) is 0 Å². The van der Waals surface area contributed by atoms with Crippen molar-refractivity contribution in [1.29, 1.82) is 10.5 Å². The molecule has 0 spiro atoms. The predicted molar refractivity (Wildman–Crippen MR) is 107 cm³/mol. The molecule has 2 heterocycles. The van der Waals surface area contributed by atoms with Crippen LogP contribution in [0.3, 0.4) is 0 Å². The van der Waals surface area contributed by atoms with Crippen molar-refractivity contribution in [2.45, 2.75) is 6.42 Å². The first-order valence-electron chi connectivity index (χ1n) is 9.09. The summed E-state index contributed by atoms with van der Waals surface area (Å²) in [7, 11) is 0.